The van der Waals surface area contributed by atoms with Gasteiger partial charge in [0.05, 0.1) is 11.7 Å². The fourth-order valence-electron chi connectivity index (χ4n) is 3.24. The van der Waals surface area contributed by atoms with Gasteiger partial charge >= 0.3 is 0 Å². The standard InChI is InChI=1S/C22H19F3N4O/c1-12-18-8-13(3-5-20(18)29-28-12)15-7-17(10-27-9-15)30-11-16(26)6-14-2-4-19(23)22(25)21(14)24/h2-5,7-10,16H,6,11,26H2,1H3,(H,28,29)/t16-/m0/s1. The molecule has 0 aliphatic heterocycles. The van der Waals surface area contributed by atoms with Crippen LogP contribution in [-0.4, -0.2) is 27.8 Å². The zero-order chi connectivity index (χ0) is 21.3. The number of ether oxygens (including phenoxy) is 1. The van der Waals surface area contributed by atoms with Crippen LogP contribution in [0.2, 0.25) is 0 Å². The quantitative estimate of drug-likeness (QED) is 0.463. The number of pyridine rings is 1. The van der Waals surface area contributed by atoms with E-state index < -0.39 is 23.5 Å². The lowest BCUT2D eigenvalue weighted by atomic mass is 10.0. The maximum Gasteiger partial charge on any atom is 0.194 e. The van der Waals surface area contributed by atoms with E-state index in [1.165, 1.54) is 6.07 Å². The molecular formula is C22H19F3N4O. The van der Waals surface area contributed by atoms with Gasteiger partial charge in [-0.2, -0.15) is 5.10 Å². The summed E-state index contributed by atoms with van der Waals surface area (Å²) in [6, 6.07) is 9.17. The number of nitrogens with zero attached hydrogens (tertiary/aromatic N) is 2. The zero-order valence-electron chi connectivity index (χ0n) is 16.1. The number of fused-ring (bicyclic) bond motifs is 1. The van der Waals surface area contributed by atoms with E-state index in [-0.39, 0.29) is 18.6 Å². The lowest BCUT2D eigenvalue weighted by Crippen LogP contribution is -2.30. The molecule has 0 unspecified atom stereocenters. The average Bonchev–Trinajstić information content (AvgIpc) is 3.13. The van der Waals surface area contributed by atoms with E-state index in [0.717, 1.165) is 33.8 Å². The number of nitrogens with two attached hydrogens (primary N) is 1. The molecule has 0 aliphatic rings. The Labute approximate surface area is 170 Å². The number of rotatable bonds is 6. The third-order valence-corrected chi connectivity index (χ3v) is 4.85. The van der Waals surface area contributed by atoms with Crippen LogP contribution in [0.1, 0.15) is 11.3 Å². The third-order valence-electron chi connectivity index (χ3n) is 4.85. The Morgan fingerprint density at radius 3 is 2.70 bits per heavy atom. The highest BCUT2D eigenvalue weighted by Crippen LogP contribution is 2.27. The molecule has 2 heterocycles. The maximum atomic E-state index is 13.8. The van der Waals surface area contributed by atoms with Gasteiger partial charge in [0.15, 0.2) is 17.5 Å². The van der Waals surface area contributed by atoms with Crippen LogP contribution in [0.25, 0.3) is 22.0 Å². The van der Waals surface area contributed by atoms with Crippen LogP contribution >= 0.6 is 0 Å². The summed E-state index contributed by atoms with van der Waals surface area (Å²) < 4.78 is 45.9. The summed E-state index contributed by atoms with van der Waals surface area (Å²) in [6.45, 7) is 2.01. The zero-order valence-corrected chi connectivity index (χ0v) is 16.1. The van der Waals surface area contributed by atoms with Crippen LogP contribution in [0, 0.1) is 24.4 Å². The van der Waals surface area contributed by atoms with Crippen molar-refractivity contribution >= 4 is 10.9 Å². The van der Waals surface area contributed by atoms with Crippen molar-refractivity contribution in [3.8, 4) is 16.9 Å². The van der Waals surface area contributed by atoms with E-state index in [0.29, 0.717) is 5.75 Å². The fraction of sp³-hybridized carbons (Fsp3) is 0.182. The second-order valence-electron chi connectivity index (χ2n) is 7.10. The SMILES string of the molecule is Cc1[nH]nc2ccc(-c3cncc(OC[C@@H](N)Cc4ccc(F)c(F)c4F)c3)cc12. The van der Waals surface area contributed by atoms with Crippen molar-refractivity contribution in [2.45, 2.75) is 19.4 Å². The van der Waals surface area contributed by atoms with Gasteiger partial charge in [-0.1, -0.05) is 12.1 Å². The van der Waals surface area contributed by atoms with Gasteiger partial charge in [-0.3, -0.25) is 10.1 Å². The van der Waals surface area contributed by atoms with Gasteiger partial charge in [-0.05, 0) is 48.7 Å². The van der Waals surface area contributed by atoms with Crippen LogP contribution in [-0.2, 0) is 6.42 Å². The first kappa shape index (κ1) is 19.9. The van der Waals surface area contributed by atoms with Crippen LogP contribution in [0.4, 0.5) is 13.2 Å². The molecule has 8 heteroatoms. The van der Waals surface area contributed by atoms with E-state index >= 15 is 0 Å². The molecule has 0 radical (unpaired) electrons. The molecule has 4 aromatic rings. The van der Waals surface area contributed by atoms with Gasteiger partial charge in [-0.15, -0.1) is 0 Å². The molecule has 0 aliphatic carbocycles. The van der Waals surface area contributed by atoms with Crippen molar-refractivity contribution in [1.82, 2.24) is 15.2 Å². The van der Waals surface area contributed by atoms with Crippen molar-refractivity contribution in [1.29, 1.82) is 0 Å². The van der Waals surface area contributed by atoms with Crippen molar-refractivity contribution in [2.75, 3.05) is 6.61 Å². The molecule has 4 rings (SSSR count). The van der Waals surface area contributed by atoms with Gasteiger partial charge in [0.25, 0.3) is 0 Å². The number of hydrogen-bond donors (Lipinski definition) is 2. The average molecular weight is 412 g/mol. The topological polar surface area (TPSA) is 76.8 Å². The van der Waals surface area contributed by atoms with E-state index in [1.807, 2.05) is 31.2 Å². The first-order chi connectivity index (χ1) is 14.4. The van der Waals surface area contributed by atoms with Crippen LogP contribution in [0.5, 0.6) is 5.75 Å². The van der Waals surface area contributed by atoms with E-state index in [4.69, 9.17) is 10.5 Å². The van der Waals surface area contributed by atoms with Crippen LogP contribution in [0.15, 0.2) is 48.8 Å². The Kier molecular flexibility index (Phi) is 5.41. The summed E-state index contributed by atoms with van der Waals surface area (Å²) in [6.07, 6.45) is 3.28. The molecule has 2 aromatic heterocycles. The highest BCUT2D eigenvalue weighted by molar-refractivity contribution is 5.86. The van der Waals surface area contributed by atoms with Crippen LogP contribution in [0.3, 0.4) is 0 Å². The number of H-pyrrole nitrogens is 1. The summed E-state index contributed by atoms with van der Waals surface area (Å²) >= 11 is 0. The minimum absolute atomic E-state index is 0.000611. The largest absolute Gasteiger partial charge is 0.490 e. The first-order valence-electron chi connectivity index (χ1n) is 9.33. The van der Waals surface area contributed by atoms with E-state index in [9.17, 15) is 13.2 Å². The van der Waals surface area contributed by atoms with Gasteiger partial charge in [0.1, 0.15) is 12.4 Å². The van der Waals surface area contributed by atoms with Gasteiger partial charge in [0, 0.05) is 28.9 Å². The maximum absolute atomic E-state index is 13.8. The number of aromatic nitrogens is 3. The Morgan fingerprint density at radius 1 is 1.03 bits per heavy atom. The number of aryl methyl sites for hydroxylation is 1. The monoisotopic (exact) mass is 412 g/mol. The normalized spacial score (nSPS) is 12.3. The third kappa shape index (κ3) is 3.99. The minimum atomic E-state index is -1.50. The van der Waals surface area contributed by atoms with Crippen molar-refractivity contribution in [3.63, 3.8) is 0 Å². The number of benzene rings is 2. The van der Waals surface area contributed by atoms with Gasteiger partial charge < -0.3 is 10.5 Å². The molecule has 0 fully saturated rings. The fourth-order valence-corrected chi connectivity index (χ4v) is 3.24. The predicted molar refractivity (Wildman–Crippen MR) is 108 cm³/mol. The molecular weight excluding hydrogens is 393 g/mol. The highest BCUT2D eigenvalue weighted by atomic mass is 19.2. The van der Waals surface area contributed by atoms with Crippen LogP contribution < -0.4 is 10.5 Å². The van der Waals surface area contributed by atoms with E-state index in [1.54, 1.807) is 12.4 Å². The first-order valence-corrected chi connectivity index (χ1v) is 9.33. The Hall–Kier alpha value is -3.39. The summed E-state index contributed by atoms with van der Waals surface area (Å²) in [7, 11) is 0. The molecule has 2 aromatic carbocycles. The second kappa shape index (κ2) is 8.16. The number of hydrogen-bond acceptors (Lipinski definition) is 4. The van der Waals surface area contributed by atoms with Gasteiger partial charge in [0.2, 0.25) is 0 Å². The van der Waals surface area contributed by atoms with Crippen molar-refractivity contribution in [2.24, 2.45) is 5.73 Å². The Morgan fingerprint density at radius 2 is 1.87 bits per heavy atom. The van der Waals surface area contributed by atoms with Gasteiger partial charge in [-0.25, -0.2) is 13.2 Å². The number of halogens is 3. The summed E-state index contributed by atoms with van der Waals surface area (Å²) in [4.78, 5) is 4.21. The number of aromatic amines is 1. The molecule has 0 saturated heterocycles. The molecule has 0 saturated carbocycles. The molecule has 5 nitrogen and oxygen atoms in total. The van der Waals surface area contributed by atoms with Crippen molar-refractivity contribution < 1.29 is 17.9 Å². The lowest BCUT2D eigenvalue weighted by molar-refractivity contribution is 0.285. The Balaban J connectivity index is 1.45. The lowest BCUT2D eigenvalue weighted by Gasteiger charge is -2.14. The summed E-state index contributed by atoms with van der Waals surface area (Å²) in [5, 5.41) is 8.20. The molecule has 0 bridgehead atoms. The second-order valence-corrected chi connectivity index (χ2v) is 7.10. The number of nitrogens with one attached hydrogen (secondary N) is 1. The summed E-state index contributed by atoms with van der Waals surface area (Å²) in [5.74, 6) is -3.45. The molecule has 1 atom stereocenters. The van der Waals surface area contributed by atoms with Crippen molar-refractivity contribution in [3.05, 3.63) is 77.5 Å². The molecule has 30 heavy (non-hydrogen) atoms. The Bertz CT molecular complexity index is 1210. The predicted octanol–water partition coefficient (Wildman–Crippen LogP) is 4.30. The van der Waals surface area contributed by atoms with E-state index in [2.05, 4.69) is 15.2 Å². The smallest absolute Gasteiger partial charge is 0.194 e. The summed E-state index contributed by atoms with van der Waals surface area (Å²) in [5.41, 5.74) is 9.66. The molecule has 0 amide bonds. The molecule has 3 N–H and O–H groups in total. The molecule has 154 valence electrons. The minimum Gasteiger partial charge on any atom is -0.490 e. The highest BCUT2D eigenvalue weighted by Gasteiger charge is 2.16. The molecule has 0 spiro atoms.